The predicted octanol–water partition coefficient (Wildman–Crippen LogP) is 1.58. The Hall–Kier alpha value is -2.04. The summed E-state index contributed by atoms with van der Waals surface area (Å²) in [6, 6.07) is 5.46. The van der Waals surface area contributed by atoms with Crippen LogP contribution in [0.25, 0.3) is 0 Å². The van der Waals surface area contributed by atoms with Gasteiger partial charge in [-0.2, -0.15) is 0 Å². The molecule has 3 N–H and O–H groups in total. The Balaban J connectivity index is 1.72. The van der Waals surface area contributed by atoms with Gasteiger partial charge in [0.2, 0.25) is 11.8 Å². The molecule has 5 nitrogen and oxygen atoms in total. The van der Waals surface area contributed by atoms with E-state index in [2.05, 4.69) is 5.32 Å². The number of carbonyl (C=O) groups excluding carboxylic acids is 2. The van der Waals surface area contributed by atoms with Gasteiger partial charge in [0, 0.05) is 6.42 Å². The molecule has 5 heteroatoms. The maximum Gasteiger partial charge on any atom is 0.234 e. The molecule has 0 aromatic heterocycles. The molecular formula is C15H18N2O3. The number of ether oxygens (including phenoxy) is 1. The van der Waals surface area contributed by atoms with Crippen LogP contribution in [0.4, 0.5) is 5.69 Å². The molecule has 1 aliphatic heterocycles. The van der Waals surface area contributed by atoms with Gasteiger partial charge in [-0.3, -0.25) is 14.9 Å². The lowest BCUT2D eigenvalue weighted by Gasteiger charge is -2.21. The Morgan fingerprint density at radius 3 is 2.70 bits per heavy atom. The van der Waals surface area contributed by atoms with E-state index in [0.29, 0.717) is 36.8 Å². The lowest BCUT2D eigenvalue weighted by atomic mass is 9.90. The van der Waals surface area contributed by atoms with Crippen molar-refractivity contribution in [1.82, 2.24) is 5.32 Å². The molecule has 1 unspecified atom stereocenters. The van der Waals surface area contributed by atoms with E-state index in [9.17, 15) is 9.59 Å². The van der Waals surface area contributed by atoms with Crippen LogP contribution in [0.2, 0.25) is 0 Å². The quantitative estimate of drug-likeness (QED) is 0.645. The maximum atomic E-state index is 11.8. The predicted molar refractivity (Wildman–Crippen MR) is 74.2 cm³/mol. The van der Waals surface area contributed by atoms with Crippen LogP contribution in [0.5, 0.6) is 5.75 Å². The maximum absolute atomic E-state index is 11.8. The second kappa shape index (κ2) is 5.15. The van der Waals surface area contributed by atoms with Crippen LogP contribution < -0.4 is 15.8 Å². The second-order valence-electron chi connectivity index (χ2n) is 5.56. The van der Waals surface area contributed by atoms with Crippen molar-refractivity contribution in [3.05, 3.63) is 23.8 Å². The molecule has 3 rings (SSSR count). The highest BCUT2D eigenvalue weighted by atomic mass is 16.5. The zero-order valence-corrected chi connectivity index (χ0v) is 11.2. The number of piperidine rings is 1. The minimum absolute atomic E-state index is 0.205. The van der Waals surface area contributed by atoms with Crippen molar-refractivity contribution in [3.8, 4) is 5.75 Å². The van der Waals surface area contributed by atoms with Gasteiger partial charge in [-0.15, -0.1) is 0 Å². The van der Waals surface area contributed by atoms with E-state index in [-0.39, 0.29) is 17.7 Å². The van der Waals surface area contributed by atoms with Crippen LogP contribution >= 0.6 is 0 Å². The van der Waals surface area contributed by atoms with Gasteiger partial charge in [0.25, 0.3) is 0 Å². The van der Waals surface area contributed by atoms with Crippen molar-refractivity contribution in [1.29, 1.82) is 0 Å². The molecule has 0 radical (unpaired) electrons. The van der Waals surface area contributed by atoms with Crippen molar-refractivity contribution >= 4 is 17.5 Å². The number of imide groups is 1. The van der Waals surface area contributed by atoms with E-state index in [1.165, 1.54) is 12.8 Å². The zero-order valence-electron chi connectivity index (χ0n) is 11.2. The van der Waals surface area contributed by atoms with Crippen LogP contribution in [-0.4, -0.2) is 18.4 Å². The number of hydrogen-bond donors (Lipinski definition) is 2. The summed E-state index contributed by atoms with van der Waals surface area (Å²) in [7, 11) is 0. The minimum Gasteiger partial charge on any atom is -0.491 e. The third-order valence-electron chi connectivity index (χ3n) is 3.85. The summed E-state index contributed by atoms with van der Waals surface area (Å²) >= 11 is 0. The van der Waals surface area contributed by atoms with Gasteiger partial charge >= 0.3 is 0 Å². The Morgan fingerprint density at radius 2 is 2.05 bits per heavy atom. The second-order valence-corrected chi connectivity index (χ2v) is 5.56. The van der Waals surface area contributed by atoms with Crippen molar-refractivity contribution in [2.45, 2.75) is 31.6 Å². The van der Waals surface area contributed by atoms with Crippen molar-refractivity contribution < 1.29 is 14.3 Å². The average Bonchev–Trinajstić information content (AvgIpc) is 3.21. The van der Waals surface area contributed by atoms with E-state index >= 15 is 0 Å². The molecule has 2 aliphatic rings. The number of anilines is 1. The number of rotatable bonds is 4. The standard InChI is InChI=1S/C15H18N2O3/c16-12-7-10(11-4-6-14(18)17-15(11)19)3-5-13(12)20-8-9-1-2-9/h3,5,7,9,11H,1-2,4,6,8,16H2,(H,17,18,19). The Morgan fingerprint density at radius 1 is 1.25 bits per heavy atom. The summed E-state index contributed by atoms with van der Waals surface area (Å²) in [6.07, 6.45) is 3.37. The first-order valence-electron chi connectivity index (χ1n) is 6.99. The number of hydrogen-bond acceptors (Lipinski definition) is 4. The molecule has 1 aromatic carbocycles. The van der Waals surface area contributed by atoms with E-state index < -0.39 is 0 Å². The molecule has 1 heterocycles. The first-order valence-corrected chi connectivity index (χ1v) is 6.99. The number of nitrogens with two attached hydrogens (primary N) is 1. The first kappa shape index (κ1) is 13.0. The van der Waals surface area contributed by atoms with Gasteiger partial charge in [-0.25, -0.2) is 0 Å². The van der Waals surface area contributed by atoms with Gasteiger partial charge in [-0.1, -0.05) is 6.07 Å². The van der Waals surface area contributed by atoms with Gasteiger partial charge in [-0.05, 0) is 42.9 Å². The first-order chi connectivity index (χ1) is 9.63. The number of benzene rings is 1. The highest BCUT2D eigenvalue weighted by molar-refractivity contribution is 6.01. The van der Waals surface area contributed by atoms with E-state index in [0.717, 1.165) is 5.56 Å². The molecular weight excluding hydrogens is 256 g/mol. The van der Waals surface area contributed by atoms with Crippen molar-refractivity contribution in [2.24, 2.45) is 5.92 Å². The molecule has 106 valence electrons. The topological polar surface area (TPSA) is 81.4 Å². The molecule has 1 aromatic rings. The number of carbonyl (C=O) groups is 2. The molecule has 1 atom stereocenters. The lowest BCUT2D eigenvalue weighted by molar-refractivity contribution is -0.134. The lowest BCUT2D eigenvalue weighted by Crippen LogP contribution is -2.39. The summed E-state index contributed by atoms with van der Waals surface area (Å²) in [4.78, 5) is 23.0. The highest BCUT2D eigenvalue weighted by Gasteiger charge is 2.28. The van der Waals surface area contributed by atoms with Crippen LogP contribution in [-0.2, 0) is 9.59 Å². The number of amides is 2. The summed E-state index contributed by atoms with van der Waals surface area (Å²) in [6.45, 7) is 0.710. The molecule has 1 saturated carbocycles. The average molecular weight is 274 g/mol. The molecule has 2 amide bonds. The van der Waals surface area contributed by atoms with Crippen molar-refractivity contribution in [3.63, 3.8) is 0 Å². The monoisotopic (exact) mass is 274 g/mol. The third-order valence-corrected chi connectivity index (χ3v) is 3.85. The molecule has 1 aliphatic carbocycles. The third kappa shape index (κ3) is 2.76. The number of nitrogens with one attached hydrogen (secondary N) is 1. The summed E-state index contributed by atoms with van der Waals surface area (Å²) in [5.74, 6) is 0.598. The summed E-state index contributed by atoms with van der Waals surface area (Å²) in [5, 5.41) is 2.36. The molecule has 2 fully saturated rings. The smallest absolute Gasteiger partial charge is 0.234 e. The fourth-order valence-corrected chi connectivity index (χ4v) is 2.42. The van der Waals surface area contributed by atoms with Crippen LogP contribution in [0.15, 0.2) is 18.2 Å². The van der Waals surface area contributed by atoms with E-state index in [1.807, 2.05) is 12.1 Å². The normalized spacial score (nSPS) is 22.5. The highest BCUT2D eigenvalue weighted by Crippen LogP contribution is 2.33. The minimum atomic E-state index is -0.299. The van der Waals surface area contributed by atoms with E-state index in [1.54, 1.807) is 6.07 Å². The summed E-state index contributed by atoms with van der Waals surface area (Å²) < 4.78 is 5.67. The van der Waals surface area contributed by atoms with Crippen LogP contribution in [0.1, 0.15) is 37.2 Å². The molecule has 20 heavy (non-hydrogen) atoms. The fourth-order valence-electron chi connectivity index (χ4n) is 2.42. The molecule has 1 saturated heterocycles. The van der Waals surface area contributed by atoms with E-state index in [4.69, 9.17) is 10.5 Å². The van der Waals surface area contributed by atoms with Crippen LogP contribution in [0.3, 0.4) is 0 Å². The van der Waals surface area contributed by atoms with Gasteiger partial charge < -0.3 is 10.5 Å². The van der Waals surface area contributed by atoms with Gasteiger partial charge in [0.15, 0.2) is 0 Å². The molecule has 0 spiro atoms. The zero-order chi connectivity index (χ0) is 14.1. The Labute approximate surface area is 117 Å². The van der Waals surface area contributed by atoms with Gasteiger partial charge in [0.1, 0.15) is 5.75 Å². The number of nitrogen functional groups attached to an aromatic ring is 1. The Bertz CT molecular complexity index is 552. The van der Waals surface area contributed by atoms with Crippen molar-refractivity contribution in [2.75, 3.05) is 12.3 Å². The van der Waals surface area contributed by atoms with Gasteiger partial charge in [0.05, 0.1) is 18.2 Å². The largest absolute Gasteiger partial charge is 0.491 e. The SMILES string of the molecule is Nc1cc(C2CCC(=O)NC2=O)ccc1OCC1CC1. The molecule has 0 bridgehead atoms. The summed E-state index contributed by atoms with van der Waals surface area (Å²) in [5.41, 5.74) is 7.37. The fraction of sp³-hybridized carbons (Fsp3) is 0.467. The Kier molecular flexibility index (Phi) is 3.34. The van der Waals surface area contributed by atoms with Crippen LogP contribution in [0, 0.1) is 5.92 Å².